The molecule has 0 aliphatic rings. The van der Waals surface area contributed by atoms with E-state index in [2.05, 4.69) is 5.10 Å². The maximum absolute atomic E-state index is 11.1. The van der Waals surface area contributed by atoms with E-state index in [1.807, 2.05) is 32.4 Å². The Hall–Kier alpha value is -2.04. The average molecular weight is 233 g/mol. The fourth-order valence-corrected chi connectivity index (χ4v) is 1.91. The second-order valence-electron chi connectivity index (χ2n) is 4.12. The summed E-state index contributed by atoms with van der Waals surface area (Å²) in [5.41, 5.74) is 2.27. The number of hydrogen-bond donors (Lipinski definition) is 1. The van der Waals surface area contributed by atoms with Crippen LogP contribution in [0.3, 0.4) is 0 Å². The smallest absolute Gasteiger partial charge is 0.352 e. The van der Waals surface area contributed by atoms with Crippen LogP contribution >= 0.6 is 0 Å². The molecule has 0 aliphatic carbocycles. The Bertz CT molecular complexity index is 540. The van der Waals surface area contributed by atoms with Gasteiger partial charge in [-0.1, -0.05) is 0 Å². The standard InChI is InChI=1S/C12H15N3O2/c1-9-3-5-15(11(9)12(16)17)6-4-10-7-13-14(2)8-10/h3,5,7-8H,4,6H2,1-2H3,(H,16,17). The van der Waals surface area contributed by atoms with Gasteiger partial charge in [0.25, 0.3) is 0 Å². The van der Waals surface area contributed by atoms with Gasteiger partial charge in [-0.05, 0) is 30.5 Å². The molecule has 5 nitrogen and oxygen atoms in total. The normalized spacial score (nSPS) is 10.7. The SMILES string of the molecule is Cc1ccn(CCc2cnn(C)c2)c1C(=O)O. The van der Waals surface area contributed by atoms with E-state index in [4.69, 9.17) is 5.11 Å². The Labute approximate surface area is 99.3 Å². The molecule has 2 aromatic rings. The van der Waals surface area contributed by atoms with E-state index in [-0.39, 0.29) is 0 Å². The zero-order valence-electron chi connectivity index (χ0n) is 9.92. The highest BCUT2D eigenvalue weighted by atomic mass is 16.4. The van der Waals surface area contributed by atoms with Crippen LogP contribution in [0.4, 0.5) is 0 Å². The minimum absolute atomic E-state index is 0.369. The first-order chi connectivity index (χ1) is 8.08. The van der Waals surface area contributed by atoms with Crippen LogP contribution < -0.4 is 0 Å². The van der Waals surface area contributed by atoms with Crippen molar-refractivity contribution in [3.63, 3.8) is 0 Å². The highest BCUT2D eigenvalue weighted by molar-refractivity contribution is 5.87. The molecule has 1 N–H and O–H groups in total. The van der Waals surface area contributed by atoms with Crippen molar-refractivity contribution >= 4 is 5.97 Å². The largest absolute Gasteiger partial charge is 0.477 e. The summed E-state index contributed by atoms with van der Waals surface area (Å²) < 4.78 is 3.51. The number of hydrogen-bond acceptors (Lipinski definition) is 2. The zero-order chi connectivity index (χ0) is 12.4. The minimum atomic E-state index is -0.876. The molecular weight excluding hydrogens is 218 g/mol. The van der Waals surface area contributed by atoms with Crippen molar-refractivity contribution in [3.05, 3.63) is 41.5 Å². The molecule has 0 saturated heterocycles. The summed E-state index contributed by atoms with van der Waals surface area (Å²) in [7, 11) is 1.87. The van der Waals surface area contributed by atoms with E-state index in [1.54, 1.807) is 15.4 Å². The van der Waals surface area contributed by atoms with Crippen LogP contribution in [0.15, 0.2) is 24.7 Å². The Morgan fingerprint density at radius 1 is 1.53 bits per heavy atom. The summed E-state index contributed by atoms with van der Waals surface area (Å²) in [6, 6.07) is 1.83. The van der Waals surface area contributed by atoms with Crippen molar-refractivity contribution < 1.29 is 9.90 Å². The molecule has 2 heterocycles. The molecule has 2 aromatic heterocycles. The molecule has 0 radical (unpaired) electrons. The number of aromatic carboxylic acids is 1. The molecule has 90 valence electrons. The van der Waals surface area contributed by atoms with Gasteiger partial charge >= 0.3 is 5.97 Å². The van der Waals surface area contributed by atoms with Crippen molar-refractivity contribution in [2.75, 3.05) is 0 Å². The number of nitrogens with zero attached hydrogens (tertiary/aromatic N) is 3. The fourth-order valence-electron chi connectivity index (χ4n) is 1.91. The third kappa shape index (κ3) is 2.38. The number of carboxylic acid groups (broad SMARTS) is 1. The lowest BCUT2D eigenvalue weighted by molar-refractivity contribution is 0.0684. The van der Waals surface area contributed by atoms with E-state index in [1.165, 1.54) is 0 Å². The number of rotatable bonds is 4. The van der Waals surface area contributed by atoms with Crippen molar-refractivity contribution in [1.29, 1.82) is 0 Å². The van der Waals surface area contributed by atoms with Crippen LogP contribution in [0, 0.1) is 6.92 Å². The molecule has 0 aliphatic heterocycles. The summed E-state index contributed by atoms with van der Waals surface area (Å²) >= 11 is 0. The lowest BCUT2D eigenvalue weighted by Gasteiger charge is -2.05. The fraction of sp³-hybridized carbons (Fsp3) is 0.333. The van der Waals surface area contributed by atoms with Gasteiger partial charge in [0.1, 0.15) is 5.69 Å². The first kappa shape index (κ1) is 11.4. The van der Waals surface area contributed by atoms with Gasteiger partial charge in [-0.3, -0.25) is 4.68 Å². The second-order valence-corrected chi connectivity index (χ2v) is 4.12. The molecule has 17 heavy (non-hydrogen) atoms. The summed E-state index contributed by atoms with van der Waals surface area (Å²) in [6.07, 6.45) is 6.34. The third-order valence-electron chi connectivity index (χ3n) is 2.77. The molecule has 5 heteroatoms. The van der Waals surface area contributed by atoms with Crippen LogP contribution in [-0.4, -0.2) is 25.4 Å². The summed E-state index contributed by atoms with van der Waals surface area (Å²) in [4.78, 5) is 11.1. The summed E-state index contributed by atoms with van der Waals surface area (Å²) in [6.45, 7) is 2.46. The van der Waals surface area contributed by atoms with E-state index in [0.717, 1.165) is 17.5 Å². The van der Waals surface area contributed by atoms with Crippen LogP contribution in [0.2, 0.25) is 0 Å². The number of carbonyl (C=O) groups is 1. The molecule has 0 unspecified atom stereocenters. The summed E-state index contributed by atoms with van der Waals surface area (Å²) in [5, 5.41) is 13.2. The number of carboxylic acids is 1. The highest BCUT2D eigenvalue weighted by Gasteiger charge is 2.12. The maximum Gasteiger partial charge on any atom is 0.352 e. The summed E-state index contributed by atoms with van der Waals surface area (Å²) in [5.74, 6) is -0.876. The Morgan fingerprint density at radius 2 is 2.29 bits per heavy atom. The van der Waals surface area contributed by atoms with E-state index >= 15 is 0 Å². The Balaban J connectivity index is 2.11. The third-order valence-corrected chi connectivity index (χ3v) is 2.77. The molecule has 0 amide bonds. The van der Waals surface area contributed by atoms with E-state index in [9.17, 15) is 4.79 Å². The second kappa shape index (κ2) is 4.45. The van der Waals surface area contributed by atoms with Gasteiger partial charge in [0.15, 0.2) is 0 Å². The zero-order valence-corrected chi connectivity index (χ0v) is 9.92. The van der Waals surface area contributed by atoms with Gasteiger partial charge in [0.2, 0.25) is 0 Å². The first-order valence-corrected chi connectivity index (χ1v) is 5.44. The van der Waals surface area contributed by atoms with Crippen LogP contribution in [0.1, 0.15) is 21.6 Å². The van der Waals surface area contributed by atoms with E-state index in [0.29, 0.717) is 12.2 Å². The van der Waals surface area contributed by atoms with Crippen molar-refractivity contribution in [1.82, 2.24) is 14.3 Å². The highest BCUT2D eigenvalue weighted by Crippen LogP contribution is 2.11. The molecular formula is C12H15N3O2. The van der Waals surface area contributed by atoms with Crippen molar-refractivity contribution in [2.45, 2.75) is 19.9 Å². The van der Waals surface area contributed by atoms with Gasteiger partial charge in [0, 0.05) is 26.0 Å². The lowest BCUT2D eigenvalue weighted by atomic mass is 10.2. The predicted molar refractivity (Wildman–Crippen MR) is 63.0 cm³/mol. The van der Waals surface area contributed by atoms with Crippen LogP contribution in [-0.2, 0) is 20.0 Å². The van der Waals surface area contributed by atoms with Gasteiger partial charge in [-0.15, -0.1) is 0 Å². The first-order valence-electron chi connectivity index (χ1n) is 5.44. The lowest BCUT2D eigenvalue weighted by Crippen LogP contribution is -2.10. The van der Waals surface area contributed by atoms with Crippen LogP contribution in [0.25, 0.3) is 0 Å². The Morgan fingerprint density at radius 3 is 2.88 bits per heavy atom. The predicted octanol–water partition coefficient (Wildman–Crippen LogP) is 1.47. The maximum atomic E-state index is 11.1. The van der Waals surface area contributed by atoms with Gasteiger partial charge < -0.3 is 9.67 Å². The minimum Gasteiger partial charge on any atom is -0.477 e. The monoisotopic (exact) mass is 233 g/mol. The molecule has 0 atom stereocenters. The van der Waals surface area contributed by atoms with E-state index < -0.39 is 5.97 Å². The van der Waals surface area contributed by atoms with Crippen LogP contribution in [0.5, 0.6) is 0 Å². The Kier molecular flexibility index (Phi) is 2.99. The van der Waals surface area contributed by atoms with Gasteiger partial charge in [-0.25, -0.2) is 4.79 Å². The molecule has 0 bridgehead atoms. The molecule has 0 fully saturated rings. The molecule has 0 saturated carbocycles. The molecule has 0 aromatic carbocycles. The van der Waals surface area contributed by atoms with Gasteiger partial charge in [0.05, 0.1) is 6.20 Å². The average Bonchev–Trinajstić information content (AvgIpc) is 2.82. The number of aryl methyl sites for hydroxylation is 4. The number of aromatic nitrogens is 3. The van der Waals surface area contributed by atoms with Crippen molar-refractivity contribution in [2.24, 2.45) is 7.05 Å². The quantitative estimate of drug-likeness (QED) is 0.870. The molecule has 2 rings (SSSR count). The topological polar surface area (TPSA) is 60.0 Å². The molecule has 0 spiro atoms. The van der Waals surface area contributed by atoms with Gasteiger partial charge in [-0.2, -0.15) is 5.10 Å². The van der Waals surface area contributed by atoms with Crippen molar-refractivity contribution in [3.8, 4) is 0 Å².